The zero-order valence-corrected chi connectivity index (χ0v) is 14.4. The molecule has 8 heteroatoms. The van der Waals surface area contributed by atoms with Crippen molar-refractivity contribution >= 4 is 11.8 Å². The van der Waals surface area contributed by atoms with Crippen LogP contribution in [0.25, 0.3) is 0 Å². The molecule has 0 saturated heterocycles. The number of nitrogens with one attached hydrogen (secondary N) is 2. The molecule has 1 aliphatic carbocycles. The molecule has 0 atom stereocenters. The van der Waals surface area contributed by atoms with Crippen LogP contribution in [0.2, 0.25) is 0 Å². The fraction of sp³-hybridized carbons (Fsp3) is 0.444. The molecule has 4 rings (SSSR count). The van der Waals surface area contributed by atoms with Crippen molar-refractivity contribution in [3.8, 4) is 6.07 Å². The zero-order valence-electron chi connectivity index (χ0n) is 14.4. The van der Waals surface area contributed by atoms with Crippen molar-refractivity contribution in [2.24, 2.45) is 5.92 Å². The maximum absolute atomic E-state index is 12.4. The molecule has 2 aromatic rings. The summed E-state index contributed by atoms with van der Waals surface area (Å²) in [5.74, 6) is 0.195. The van der Waals surface area contributed by atoms with Crippen LogP contribution in [0.3, 0.4) is 0 Å². The van der Waals surface area contributed by atoms with Gasteiger partial charge < -0.3 is 15.2 Å². The molecule has 0 unspecified atom stereocenters. The fourth-order valence-electron chi connectivity index (χ4n) is 3.37. The summed E-state index contributed by atoms with van der Waals surface area (Å²) >= 11 is 0. The fourth-order valence-corrected chi connectivity index (χ4v) is 3.37. The maximum Gasteiger partial charge on any atom is 0.268 e. The molecule has 1 fully saturated rings. The van der Waals surface area contributed by atoms with Gasteiger partial charge in [-0.25, -0.2) is 0 Å². The van der Waals surface area contributed by atoms with Gasteiger partial charge in [-0.15, -0.1) is 0 Å². The number of carbonyl (C=O) groups is 2. The highest BCUT2D eigenvalue weighted by atomic mass is 16.2. The van der Waals surface area contributed by atoms with Crippen LogP contribution in [-0.4, -0.2) is 38.0 Å². The van der Waals surface area contributed by atoms with E-state index in [9.17, 15) is 9.59 Å². The summed E-state index contributed by atoms with van der Waals surface area (Å²) < 4.78 is 1.91. The highest BCUT2D eigenvalue weighted by Crippen LogP contribution is 2.29. The second kappa shape index (κ2) is 6.67. The number of amides is 2. The normalized spacial score (nSPS) is 16.5. The lowest BCUT2D eigenvalue weighted by atomic mass is 9.84. The van der Waals surface area contributed by atoms with Crippen LogP contribution < -0.4 is 5.32 Å². The number of nitriles is 1. The second-order valence-electron chi connectivity index (χ2n) is 6.83. The van der Waals surface area contributed by atoms with Crippen molar-refractivity contribution in [1.82, 2.24) is 25.0 Å². The van der Waals surface area contributed by atoms with E-state index in [1.165, 1.54) is 12.3 Å². The Morgan fingerprint density at radius 3 is 2.88 bits per heavy atom. The largest absolute Gasteiger partial charge is 0.356 e. The van der Waals surface area contributed by atoms with Crippen LogP contribution in [0.4, 0.5) is 0 Å². The summed E-state index contributed by atoms with van der Waals surface area (Å²) in [5, 5.41) is 16.1. The van der Waals surface area contributed by atoms with Crippen molar-refractivity contribution in [3.63, 3.8) is 0 Å². The molecule has 0 radical (unpaired) electrons. The van der Waals surface area contributed by atoms with E-state index in [0.29, 0.717) is 37.4 Å². The first kappa shape index (κ1) is 16.4. The van der Waals surface area contributed by atoms with Gasteiger partial charge in [-0.1, -0.05) is 6.42 Å². The van der Waals surface area contributed by atoms with E-state index in [1.807, 2.05) is 21.7 Å². The van der Waals surface area contributed by atoms with Gasteiger partial charge >= 0.3 is 0 Å². The first-order valence-electron chi connectivity index (χ1n) is 8.85. The SMILES string of the molecule is N#Cc1c[nH]c(C(=O)NCc2cc3n(n2)CCN(C(=O)C2CCC2)C3)c1. The Hall–Kier alpha value is -3.08. The molecule has 0 spiro atoms. The van der Waals surface area contributed by atoms with Gasteiger partial charge in [0.2, 0.25) is 5.91 Å². The topological polar surface area (TPSA) is 107 Å². The third-order valence-corrected chi connectivity index (χ3v) is 5.10. The number of H-pyrrole nitrogens is 1. The first-order chi connectivity index (χ1) is 12.6. The minimum absolute atomic E-state index is 0.210. The van der Waals surface area contributed by atoms with Crippen molar-refractivity contribution < 1.29 is 9.59 Å². The molecule has 2 amide bonds. The number of hydrogen-bond acceptors (Lipinski definition) is 4. The van der Waals surface area contributed by atoms with Crippen LogP contribution in [0.5, 0.6) is 0 Å². The van der Waals surface area contributed by atoms with E-state index in [0.717, 1.165) is 30.7 Å². The number of aromatic nitrogens is 3. The van der Waals surface area contributed by atoms with Crippen molar-refractivity contribution in [2.75, 3.05) is 6.54 Å². The molecule has 0 bridgehead atoms. The van der Waals surface area contributed by atoms with Gasteiger partial charge in [-0.2, -0.15) is 10.4 Å². The standard InChI is InChI=1S/C18H20N6O2/c19-8-12-6-16(20-9-12)17(25)21-10-14-7-15-11-23(4-5-24(15)22-14)18(26)13-2-1-3-13/h6-7,9,13,20H,1-5,10-11H2,(H,21,25). The molecule has 8 nitrogen and oxygen atoms in total. The highest BCUT2D eigenvalue weighted by molar-refractivity contribution is 5.92. The van der Waals surface area contributed by atoms with Crippen molar-refractivity contribution in [3.05, 3.63) is 41.0 Å². The predicted octanol–water partition coefficient (Wildman–Crippen LogP) is 1.16. The highest BCUT2D eigenvalue weighted by Gasteiger charge is 2.31. The van der Waals surface area contributed by atoms with Crippen LogP contribution in [0, 0.1) is 17.2 Å². The molecule has 2 aliphatic rings. The number of rotatable bonds is 4. The van der Waals surface area contributed by atoms with E-state index in [4.69, 9.17) is 5.26 Å². The number of nitrogens with zero attached hydrogens (tertiary/aromatic N) is 4. The van der Waals surface area contributed by atoms with Gasteiger partial charge in [0.1, 0.15) is 11.8 Å². The molecule has 2 aromatic heterocycles. The van der Waals surface area contributed by atoms with Crippen LogP contribution in [-0.2, 0) is 24.4 Å². The predicted molar refractivity (Wildman–Crippen MR) is 91.7 cm³/mol. The third kappa shape index (κ3) is 3.08. The van der Waals surface area contributed by atoms with Crippen LogP contribution >= 0.6 is 0 Å². The molecule has 1 aliphatic heterocycles. The Bertz CT molecular complexity index is 886. The van der Waals surface area contributed by atoms with Crippen molar-refractivity contribution in [2.45, 2.75) is 38.9 Å². The minimum Gasteiger partial charge on any atom is -0.356 e. The Morgan fingerprint density at radius 2 is 2.19 bits per heavy atom. The van der Waals surface area contributed by atoms with Gasteiger partial charge in [0, 0.05) is 18.7 Å². The van der Waals surface area contributed by atoms with E-state index >= 15 is 0 Å². The van der Waals surface area contributed by atoms with Crippen LogP contribution in [0.15, 0.2) is 18.3 Å². The summed E-state index contributed by atoms with van der Waals surface area (Å²) in [4.78, 5) is 29.2. The second-order valence-corrected chi connectivity index (χ2v) is 6.83. The van der Waals surface area contributed by atoms with Gasteiger partial charge in [-0.05, 0) is 25.0 Å². The number of aromatic amines is 1. The monoisotopic (exact) mass is 352 g/mol. The zero-order chi connectivity index (χ0) is 18.1. The molecule has 1 saturated carbocycles. The quantitative estimate of drug-likeness (QED) is 0.861. The van der Waals surface area contributed by atoms with Gasteiger partial charge in [0.05, 0.1) is 36.6 Å². The third-order valence-electron chi connectivity index (χ3n) is 5.10. The lowest BCUT2D eigenvalue weighted by molar-refractivity contribution is -0.139. The molecule has 2 N–H and O–H groups in total. The van der Waals surface area contributed by atoms with E-state index < -0.39 is 0 Å². The molecule has 3 heterocycles. The molecule has 134 valence electrons. The minimum atomic E-state index is -0.278. The Kier molecular flexibility index (Phi) is 4.21. The molecule has 26 heavy (non-hydrogen) atoms. The van der Waals surface area contributed by atoms with E-state index in [-0.39, 0.29) is 17.7 Å². The van der Waals surface area contributed by atoms with Gasteiger partial charge in [0.25, 0.3) is 5.91 Å². The summed E-state index contributed by atoms with van der Waals surface area (Å²) in [6.45, 7) is 2.26. The van der Waals surface area contributed by atoms with Gasteiger partial charge in [-0.3, -0.25) is 14.3 Å². The van der Waals surface area contributed by atoms with Gasteiger partial charge in [0.15, 0.2) is 0 Å². The van der Waals surface area contributed by atoms with Crippen LogP contribution in [0.1, 0.15) is 46.7 Å². The van der Waals surface area contributed by atoms with Crippen molar-refractivity contribution in [1.29, 1.82) is 5.26 Å². The Balaban J connectivity index is 1.36. The number of hydrogen-bond donors (Lipinski definition) is 2. The molecule has 0 aromatic carbocycles. The first-order valence-corrected chi connectivity index (χ1v) is 8.85. The summed E-state index contributed by atoms with van der Waals surface area (Å²) in [6, 6.07) is 5.43. The average molecular weight is 352 g/mol. The van der Waals surface area contributed by atoms with E-state index in [1.54, 1.807) is 0 Å². The summed E-state index contributed by atoms with van der Waals surface area (Å²) in [7, 11) is 0. The Labute approximate surface area is 150 Å². The Morgan fingerprint density at radius 1 is 1.35 bits per heavy atom. The maximum atomic E-state index is 12.4. The molecular formula is C18H20N6O2. The number of fused-ring (bicyclic) bond motifs is 1. The summed E-state index contributed by atoms with van der Waals surface area (Å²) in [5.41, 5.74) is 2.53. The summed E-state index contributed by atoms with van der Waals surface area (Å²) in [6.07, 6.45) is 4.68. The number of carbonyl (C=O) groups excluding carboxylic acids is 2. The van der Waals surface area contributed by atoms with E-state index in [2.05, 4.69) is 15.4 Å². The average Bonchev–Trinajstić information content (AvgIpc) is 3.23. The lowest BCUT2D eigenvalue weighted by Gasteiger charge is -2.34. The lowest BCUT2D eigenvalue weighted by Crippen LogP contribution is -2.43. The smallest absolute Gasteiger partial charge is 0.268 e. The molecular weight excluding hydrogens is 332 g/mol.